The second kappa shape index (κ2) is 8.36. The Labute approximate surface area is 158 Å². The largest absolute Gasteiger partial charge is 0.377 e. The number of thiophene rings is 1. The molecule has 3 rings (SSSR count). The van der Waals surface area contributed by atoms with Crippen LogP contribution in [-0.4, -0.2) is 32.0 Å². The van der Waals surface area contributed by atoms with Crippen molar-refractivity contribution in [3.05, 3.63) is 46.2 Å². The molecular formula is C20H25N3O2S. The first-order valence-electron chi connectivity index (χ1n) is 9.01. The van der Waals surface area contributed by atoms with Crippen molar-refractivity contribution >= 4 is 34.5 Å². The van der Waals surface area contributed by atoms with E-state index in [0.717, 1.165) is 18.5 Å². The van der Waals surface area contributed by atoms with Crippen LogP contribution in [0.1, 0.15) is 52.1 Å². The van der Waals surface area contributed by atoms with Gasteiger partial charge in [-0.3, -0.25) is 9.59 Å². The minimum Gasteiger partial charge on any atom is -0.377 e. The van der Waals surface area contributed by atoms with Crippen LogP contribution in [0.5, 0.6) is 0 Å². The molecule has 26 heavy (non-hydrogen) atoms. The highest BCUT2D eigenvalue weighted by Gasteiger charge is 2.20. The molecule has 2 N–H and O–H groups in total. The van der Waals surface area contributed by atoms with Crippen LogP contribution in [0.2, 0.25) is 0 Å². The first-order valence-corrected chi connectivity index (χ1v) is 9.89. The van der Waals surface area contributed by atoms with E-state index < -0.39 is 0 Å². The Bertz CT molecular complexity index is 765. The summed E-state index contributed by atoms with van der Waals surface area (Å²) in [6.07, 6.45) is 5.67. The van der Waals surface area contributed by atoms with E-state index >= 15 is 0 Å². The predicted molar refractivity (Wildman–Crippen MR) is 107 cm³/mol. The molecule has 1 fully saturated rings. The minimum absolute atomic E-state index is 0.0761. The number of rotatable bonds is 5. The zero-order chi connectivity index (χ0) is 18.5. The minimum atomic E-state index is -0.156. The van der Waals surface area contributed by atoms with Gasteiger partial charge in [-0.05, 0) is 42.5 Å². The van der Waals surface area contributed by atoms with Crippen molar-refractivity contribution in [3.63, 3.8) is 0 Å². The van der Waals surface area contributed by atoms with E-state index in [9.17, 15) is 9.59 Å². The lowest BCUT2D eigenvalue weighted by Crippen LogP contribution is -2.36. The molecule has 5 nitrogen and oxygen atoms in total. The number of carbonyl (C=O) groups is 2. The molecule has 1 heterocycles. The van der Waals surface area contributed by atoms with E-state index in [4.69, 9.17) is 0 Å². The molecule has 1 aromatic carbocycles. The van der Waals surface area contributed by atoms with Crippen LogP contribution in [-0.2, 0) is 0 Å². The van der Waals surface area contributed by atoms with Crippen molar-refractivity contribution in [1.82, 2.24) is 5.32 Å². The molecule has 2 aromatic rings. The number of nitrogens with one attached hydrogen (secondary N) is 2. The quantitative estimate of drug-likeness (QED) is 0.831. The van der Waals surface area contributed by atoms with E-state index in [1.807, 2.05) is 42.6 Å². The van der Waals surface area contributed by atoms with Crippen LogP contribution >= 0.6 is 11.3 Å². The average molecular weight is 372 g/mol. The SMILES string of the molecule is CN(C)c1ccc(NC(=O)c2cccs2)cc1C(=O)NC1CCCCC1. The van der Waals surface area contributed by atoms with E-state index in [1.54, 1.807) is 12.1 Å². The first kappa shape index (κ1) is 18.5. The number of amides is 2. The van der Waals surface area contributed by atoms with E-state index in [0.29, 0.717) is 16.1 Å². The normalized spacial score (nSPS) is 14.7. The standard InChI is InChI=1S/C20H25N3O2S/c1-23(2)17-11-10-15(22-20(25)18-9-6-12-26-18)13-16(17)19(24)21-14-7-4-3-5-8-14/h6,9-14H,3-5,7-8H2,1-2H3,(H,21,24)(H,22,25). The van der Waals surface area contributed by atoms with Crippen LogP contribution in [0.3, 0.4) is 0 Å². The average Bonchev–Trinajstić information content (AvgIpc) is 3.17. The fourth-order valence-corrected chi connectivity index (χ4v) is 3.92. The van der Waals surface area contributed by atoms with E-state index in [2.05, 4.69) is 10.6 Å². The molecule has 0 bridgehead atoms. The third-order valence-electron chi connectivity index (χ3n) is 4.67. The second-order valence-electron chi connectivity index (χ2n) is 6.87. The van der Waals surface area contributed by atoms with Crippen molar-refractivity contribution in [2.45, 2.75) is 38.1 Å². The van der Waals surface area contributed by atoms with Gasteiger partial charge >= 0.3 is 0 Å². The van der Waals surface area contributed by atoms with Crippen LogP contribution in [0.15, 0.2) is 35.7 Å². The molecule has 0 spiro atoms. The smallest absolute Gasteiger partial charge is 0.265 e. The number of anilines is 2. The van der Waals surface area contributed by atoms with Crippen molar-refractivity contribution < 1.29 is 9.59 Å². The molecule has 0 unspecified atom stereocenters. The third-order valence-corrected chi connectivity index (χ3v) is 5.53. The molecule has 0 atom stereocenters. The summed E-state index contributed by atoms with van der Waals surface area (Å²) in [5.74, 6) is -0.232. The fourth-order valence-electron chi connectivity index (χ4n) is 3.30. The summed E-state index contributed by atoms with van der Waals surface area (Å²) in [4.78, 5) is 27.7. The van der Waals surface area contributed by atoms with Crippen LogP contribution in [0, 0.1) is 0 Å². The molecule has 2 amide bonds. The molecule has 1 aromatic heterocycles. The lowest BCUT2D eigenvalue weighted by molar-refractivity contribution is 0.0927. The van der Waals surface area contributed by atoms with Gasteiger partial charge < -0.3 is 15.5 Å². The molecule has 0 radical (unpaired) electrons. The fraction of sp³-hybridized carbons (Fsp3) is 0.400. The molecule has 1 aliphatic carbocycles. The van der Waals surface area contributed by atoms with Crippen molar-refractivity contribution in [2.24, 2.45) is 0 Å². The van der Waals surface area contributed by atoms with Crippen LogP contribution < -0.4 is 15.5 Å². The summed E-state index contributed by atoms with van der Waals surface area (Å²) in [5.41, 5.74) is 2.06. The van der Waals surface area contributed by atoms with Crippen LogP contribution in [0.25, 0.3) is 0 Å². The lowest BCUT2D eigenvalue weighted by Gasteiger charge is -2.24. The summed E-state index contributed by atoms with van der Waals surface area (Å²) in [7, 11) is 3.83. The summed E-state index contributed by atoms with van der Waals surface area (Å²) < 4.78 is 0. The number of hydrogen-bond acceptors (Lipinski definition) is 4. The van der Waals surface area contributed by atoms with Gasteiger partial charge in [0.2, 0.25) is 0 Å². The Balaban J connectivity index is 1.79. The Kier molecular flexibility index (Phi) is 5.93. The van der Waals surface area contributed by atoms with Gasteiger partial charge in [-0.2, -0.15) is 0 Å². The maximum Gasteiger partial charge on any atom is 0.265 e. The van der Waals surface area contributed by atoms with Gasteiger partial charge in [0.15, 0.2) is 0 Å². The second-order valence-corrected chi connectivity index (χ2v) is 7.81. The van der Waals surface area contributed by atoms with E-state index in [1.165, 1.54) is 30.6 Å². The first-order chi connectivity index (χ1) is 12.5. The van der Waals surface area contributed by atoms with Gasteiger partial charge in [0.05, 0.1) is 10.4 Å². The van der Waals surface area contributed by atoms with Crippen molar-refractivity contribution in [2.75, 3.05) is 24.3 Å². The number of nitrogens with zero attached hydrogens (tertiary/aromatic N) is 1. The van der Waals surface area contributed by atoms with Gasteiger partial charge in [-0.15, -0.1) is 11.3 Å². The van der Waals surface area contributed by atoms with Gasteiger partial charge in [-0.1, -0.05) is 25.3 Å². The van der Waals surface area contributed by atoms with Gasteiger partial charge in [0.25, 0.3) is 11.8 Å². The zero-order valence-electron chi connectivity index (χ0n) is 15.2. The summed E-state index contributed by atoms with van der Waals surface area (Å²) in [6, 6.07) is 9.34. The molecule has 1 saturated carbocycles. The Morgan fingerprint density at radius 2 is 1.85 bits per heavy atom. The lowest BCUT2D eigenvalue weighted by atomic mass is 9.95. The van der Waals surface area contributed by atoms with Gasteiger partial charge in [0, 0.05) is 31.5 Å². The number of benzene rings is 1. The van der Waals surface area contributed by atoms with Crippen molar-refractivity contribution in [3.8, 4) is 0 Å². The molecular weight excluding hydrogens is 346 g/mol. The summed E-state index contributed by atoms with van der Waals surface area (Å²) >= 11 is 1.39. The summed E-state index contributed by atoms with van der Waals surface area (Å²) in [6.45, 7) is 0. The van der Waals surface area contributed by atoms with Crippen molar-refractivity contribution in [1.29, 1.82) is 0 Å². The highest BCUT2D eigenvalue weighted by Crippen LogP contribution is 2.25. The monoisotopic (exact) mass is 371 g/mol. The molecule has 6 heteroatoms. The zero-order valence-corrected chi connectivity index (χ0v) is 16.1. The molecule has 1 aliphatic rings. The maximum absolute atomic E-state index is 12.9. The predicted octanol–water partition coefficient (Wildman–Crippen LogP) is 4.13. The topological polar surface area (TPSA) is 61.4 Å². The highest BCUT2D eigenvalue weighted by atomic mass is 32.1. The molecule has 138 valence electrons. The molecule has 0 saturated heterocycles. The van der Waals surface area contributed by atoms with Crippen LogP contribution in [0.4, 0.5) is 11.4 Å². The highest BCUT2D eigenvalue weighted by molar-refractivity contribution is 7.12. The molecule has 0 aliphatic heterocycles. The Morgan fingerprint density at radius 3 is 2.50 bits per heavy atom. The van der Waals surface area contributed by atoms with Gasteiger partial charge in [-0.25, -0.2) is 0 Å². The summed E-state index contributed by atoms with van der Waals surface area (Å²) in [5, 5.41) is 7.91. The Morgan fingerprint density at radius 1 is 1.08 bits per heavy atom. The maximum atomic E-state index is 12.9. The number of hydrogen-bond donors (Lipinski definition) is 2. The van der Waals surface area contributed by atoms with Gasteiger partial charge in [0.1, 0.15) is 0 Å². The number of carbonyl (C=O) groups excluding carboxylic acids is 2. The third kappa shape index (κ3) is 4.43. The Hall–Kier alpha value is -2.34. The van der Waals surface area contributed by atoms with E-state index in [-0.39, 0.29) is 17.9 Å².